The molecule has 0 bridgehead atoms. The van der Waals surface area contributed by atoms with Crippen molar-refractivity contribution < 1.29 is 14.3 Å². The Labute approximate surface area is 169 Å². The molecule has 0 atom stereocenters. The van der Waals surface area contributed by atoms with Gasteiger partial charge < -0.3 is 14.5 Å². The summed E-state index contributed by atoms with van der Waals surface area (Å²) < 4.78 is 6.61. The molecule has 2 amide bonds. The average Bonchev–Trinajstić information content (AvgIpc) is 2.69. The molecule has 6 nitrogen and oxygen atoms in total. The van der Waals surface area contributed by atoms with E-state index < -0.39 is 0 Å². The lowest BCUT2D eigenvalue weighted by Crippen LogP contribution is -2.52. The second-order valence-corrected chi connectivity index (χ2v) is 8.07. The van der Waals surface area contributed by atoms with Gasteiger partial charge in [0.2, 0.25) is 11.8 Å². The van der Waals surface area contributed by atoms with Crippen LogP contribution in [0.2, 0.25) is 0 Å². The lowest BCUT2D eigenvalue weighted by Gasteiger charge is -2.36. The van der Waals surface area contributed by atoms with E-state index in [1.165, 1.54) is 6.42 Å². The number of rotatable bonds is 6. The molecule has 1 aromatic carbocycles. The van der Waals surface area contributed by atoms with Gasteiger partial charge in [-0.25, -0.2) is 0 Å². The number of carbonyl (C=O) groups excluding carboxylic acids is 2. The fourth-order valence-electron chi connectivity index (χ4n) is 3.56. The summed E-state index contributed by atoms with van der Waals surface area (Å²) in [5.74, 6) is 1.11. The largest absolute Gasteiger partial charge is 0.493 e. The summed E-state index contributed by atoms with van der Waals surface area (Å²) in [5, 5.41) is 0. The molecule has 0 spiro atoms. The van der Waals surface area contributed by atoms with Gasteiger partial charge in [-0.1, -0.05) is 22.0 Å². The van der Waals surface area contributed by atoms with Crippen LogP contribution in [0.15, 0.2) is 28.7 Å². The summed E-state index contributed by atoms with van der Waals surface area (Å²) in [6, 6.07) is 7.62. The quantitative estimate of drug-likeness (QED) is 0.685. The number of carbonyl (C=O) groups is 2. The van der Waals surface area contributed by atoms with E-state index in [4.69, 9.17) is 4.74 Å². The Morgan fingerprint density at radius 2 is 1.63 bits per heavy atom. The van der Waals surface area contributed by atoms with E-state index in [0.717, 1.165) is 49.2 Å². The lowest BCUT2D eigenvalue weighted by molar-refractivity contribution is -0.135. The van der Waals surface area contributed by atoms with Crippen LogP contribution < -0.4 is 4.74 Å². The van der Waals surface area contributed by atoms with Gasteiger partial charge in [0.15, 0.2) is 0 Å². The smallest absolute Gasteiger partial charge is 0.236 e. The SMILES string of the molecule is O=C(CCOc1cccc(Br)c1)N1CCN(CC(=O)N2CCCCC2)CC1. The second kappa shape index (κ2) is 10.1. The van der Waals surface area contributed by atoms with Crippen LogP contribution in [0.3, 0.4) is 0 Å². The van der Waals surface area contributed by atoms with Gasteiger partial charge in [0.1, 0.15) is 5.75 Å². The number of piperazine rings is 1. The van der Waals surface area contributed by atoms with Crippen molar-refractivity contribution in [3.05, 3.63) is 28.7 Å². The highest BCUT2D eigenvalue weighted by Gasteiger charge is 2.24. The summed E-state index contributed by atoms with van der Waals surface area (Å²) in [6.45, 7) is 5.54. The molecule has 2 aliphatic rings. The highest BCUT2D eigenvalue weighted by Crippen LogP contribution is 2.18. The molecule has 27 heavy (non-hydrogen) atoms. The van der Waals surface area contributed by atoms with Crippen LogP contribution in [0.5, 0.6) is 5.75 Å². The van der Waals surface area contributed by atoms with Crippen molar-refractivity contribution >= 4 is 27.7 Å². The Hall–Kier alpha value is -1.60. The number of benzene rings is 1. The molecule has 0 saturated carbocycles. The molecule has 7 heteroatoms. The molecule has 3 rings (SSSR count). The first-order valence-electron chi connectivity index (χ1n) is 9.78. The molecule has 0 N–H and O–H groups in total. The van der Waals surface area contributed by atoms with Gasteiger partial charge in [-0.15, -0.1) is 0 Å². The van der Waals surface area contributed by atoms with Gasteiger partial charge in [0.05, 0.1) is 19.6 Å². The summed E-state index contributed by atoms with van der Waals surface area (Å²) in [7, 11) is 0. The molecule has 0 radical (unpaired) electrons. The molecule has 148 valence electrons. The minimum absolute atomic E-state index is 0.118. The van der Waals surface area contributed by atoms with Gasteiger partial charge in [-0.05, 0) is 37.5 Å². The molecule has 1 aromatic rings. The van der Waals surface area contributed by atoms with Crippen LogP contribution in [0.4, 0.5) is 0 Å². The van der Waals surface area contributed by atoms with Crippen molar-refractivity contribution in [1.29, 1.82) is 0 Å². The summed E-state index contributed by atoms with van der Waals surface area (Å²) in [6.07, 6.45) is 3.85. The summed E-state index contributed by atoms with van der Waals surface area (Å²) >= 11 is 3.41. The van der Waals surface area contributed by atoms with E-state index in [-0.39, 0.29) is 11.8 Å². The van der Waals surface area contributed by atoms with Crippen molar-refractivity contribution in [1.82, 2.24) is 14.7 Å². The topological polar surface area (TPSA) is 53.1 Å². The first kappa shape index (κ1) is 20.1. The van der Waals surface area contributed by atoms with Gasteiger partial charge >= 0.3 is 0 Å². The maximum Gasteiger partial charge on any atom is 0.236 e. The Morgan fingerprint density at radius 3 is 2.33 bits per heavy atom. The average molecular weight is 438 g/mol. The van der Waals surface area contributed by atoms with Gasteiger partial charge in [0.25, 0.3) is 0 Å². The number of amides is 2. The van der Waals surface area contributed by atoms with E-state index >= 15 is 0 Å². The highest BCUT2D eigenvalue weighted by atomic mass is 79.9. The van der Waals surface area contributed by atoms with Crippen LogP contribution in [-0.2, 0) is 9.59 Å². The predicted molar refractivity (Wildman–Crippen MR) is 108 cm³/mol. The normalized spacial score (nSPS) is 18.4. The summed E-state index contributed by atoms with van der Waals surface area (Å²) in [4.78, 5) is 30.8. The van der Waals surface area contributed by atoms with E-state index in [1.807, 2.05) is 34.1 Å². The number of piperidine rings is 1. The number of likely N-dealkylation sites (tertiary alicyclic amines) is 1. The van der Waals surface area contributed by atoms with E-state index in [9.17, 15) is 9.59 Å². The maximum atomic E-state index is 12.4. The molecule has 0 unspecified atom stereocenters. The third-order valence-corrected chi connectivity index (χ3v) is 5.67. The Balaban J connectivity index is 1.34. The van der Waals surface area contributed by atoms with Gasteiger partial charge in [0, 0.05) is 43.7 Å². The number of halogens is 1. The highest BCUT2D eigenvalue weighted by molar-refractivity contribution is 9.10. The fourth-order valence-corrected chi connectivity index (χ4v) is 3.94. The Bertz CT molecular complexity index is 641. The Kier molecular flexibility index (Phi) is 7.52. The fraction of sp³-hybridized carbons (Fsp3) is 0.600. The standard InChI is InChI=1S/C20H28BrN3O3/c21-17-5-4-6-18(15-17)27-14-7-19(25)24-12-10-22(11-13-24)16-20(26)23-8-2-1-3-9-23/h4-6,15H,1-3,7-14,16H2. The van der Waals surface area contributed by atoms with E-state index in [0.29, 0.717) is 32.7 Å². The zero-order valence-electron chi connectivity index (χ0n) is 15.7. The molecule has 2 saturated heterocycles. The van der Waals surface area contributed by atoms with Crippen LogP contribution in [0.1, 0.15) is 25.7 Å². The van der Waals surface area contributed by atoms with Crippen LogP contribution in [0, 0.1) is 0 Å². The van der Waals surface area contributed by atoms with Crippen molar-refractivity contribution in [3.63, 3.8) is 0 Å². The summed E-state index contributed by atoms with van der Waals surface area (Å²) in [5.41, 5.74) is 0. The maximum absolute atomic E-state index is 12.4. The molecular formula is C20H28BrN3O3. The molecule has 2 fully saturated rings. The van der Waals surface area contributed by atoms with E-state index in [1.54, 1.807) is 0 Å². The zero-order valence-corrected chi connectivity index (χ0v) is 17.3. The monoisotopic (exact) mass is 437 g/mol. The van der Waals surface area contributed by atoms with Crippen molar-refractivity contribution in [2.45, 2.75) is 25.7 Å². The molecule has 0 aliphatic carbocycles. The minimum Gasteiger partial charge on any atom is -0.493 e. The van der Waals surface area contributed by atoms with Crippen LogP contribution in [-0.4, -0.2) is 78.9 Å². The molecule has 0 aromatic heterocycles. The van der Waals surface area contributed by atoms with Crippen molar-refractivity contribution in [2.75, 3.05) is 52.4 Å². The second-order valence-electron chi connectivity index (χ2n) is 7.15. The molecule has 2 heterocycles. The van der Waals surface area contributed by atoms with Gasteiger partial charge in [-0.2, -0.15) is 0 Å². The third kappa shape index (κ3) is 6.21. The van der Waals surface area contributed by atoms with Crippen molar-refractivity contribution in [3.8, 4) is 5.75 Å². The van der Waals surface area contributed by atoms with E-state index in [2.05, 4.69) is 20.8 Å². The first-order chi connectivity index (χ1) is 13.1. The minimum atomic E-state index is 0.118. The first-order valence-corrected chi connectivity index (χ1v) is 10.6. The zero-order chi connectivity index (χ0) is 19.1. The Morgan fingerprint density at radius 1 is 0.926 bits per heavy atom. The third-order valence-electron chi connectivity index (χ3n) is 5.17. The van der Waals surface area contributed by atoms with Crippen LogP contribution in [0.25, 0.3) is 0 Å². The molecular weight excluding hydrogens is 410 g/mol. The molecule has 2 aliphatic heterocycles. The lowest BCUT2D eigenvalue weighted by atomic mass is 10.1. The van der Waals surface area contributed by atoms with Crippen LogP contribution >= 0.6 is 15.9 Å². The van der Waals surface area contributed by atoms with Crippen molar-refractivity contribution in [2.24, 2.45) is 0 Å². The van der Waals surface area contributed by atoms with Gasteiger partial charge in [-0.3, -0.25) is 14.5 Å². The predicted octanol–water partition coefficient (Wildman–Crippen LogP) is 2.37. The number of hydrogen-bond donors (Lipinski definition) is 0. The number of nitrogens with zero attached hydrogens (tertiary/aromatic N) is 3. The number of hydrogen-bond acceptors (Lipinski definition) is 4. The number of ether oxygens (including phenoxy) is 1.